The molecule has 2 unspecified atom stereocenters. The first-order valence-electron chi connectivity index (χ1n) is 8.71. The molecule has 2 aromatic rings. The Morgan fingerprint density at radius 1 is 1.20 bits per heavy atom. The van der Waals surface area contributed by atoms with E-state index in [0.29, 0.717) is 0 Å². The normalized spacial score (nSPS) is 18.0. The van der Waals surface area contributed by atoms with Crippen LogP contribution < -0.4 is 4.74 Å². The third kappa shape index (κ3) is 3.40. The van der Waals surface area contributed by atoms with Crippen LogP contribution in [0.4, 0.5) is 0 Å². The third-order valence-corrected chi connectivity index (χ3v) is 5.04. The Kier molecular flexibility index (Phi) is 5.09. The van der Waals surface area contributed by atoms with Gasteiger partial charge in [-0.15, -0.1) is 0 Å². The molecule has 4 nitrogen and oxygen atoms in total. The predicted octanol–water partition coefficient (Wildman–Crippen LogP) is 3.44. The lowest BCUT2D eigenvalue weighted by Crippen LogP contribution is -2.44. The summed E-state index contributed by atoms with van der Waals surface area (Å²) in [6.07, 6.45) is 0.879. The number of likely N-dealkylation sites (N-methyl/N-ethyl adjacent to an activating group) is 1. The first-order valence-corrected chi connectivity index (χ1v) is 8.71. The molecule has 0 radical (unpaired) electrons. The highest BCUT2D eigenvalue weighted by molar-refractivity contribution is 5.84. The summed E-state index contributed by atoms with van der Waals surface area (Å²) in [6.45, 7) is 2.85. The van der Waals surface area contributed by atoms with E-state index in [2.05, 4.69) is 19.1 Å². The second kappa shape index (κ2) is 7.28. The lowest BCUT2D eigenvalue weighted by molar-refractivity contribution is -0.139. The van der Waals surface area contributed by atoms with Crippen molar-refractivity contribution in [1.29, 1.82) is 0 Å². The summed E-state index contributed by atoms with van der Waals surface area (Å²) in [7, 11) is 5.60. The number of ether oxygens (including phenoxy) is 1. The van der Waals surface area contributed by atoms with Crippen molar-refractivity contribution in [2.75, 3.05) is 27.7 Å². The van der Waals surface area contributed by atoms with Gasteiger partial charge in [0.1, 0.15) is 11.8 Å². The molecule has 25 heavy (non-hydrogen) atoms. The minimum atomic E-state index is -0.268. The standard InChI is InChI=1S/C21H26N2O2/c1-15-19-14-18(25-4)11-10-16(19)12-13-23(15)21(24)20(22(2)3)17-8-6-5-7-9-17/h5-11,14-15,20H,12-13H2,1-4H3. The zero-order valence-corrected chi connectivity index (χ0v) is 15.4. The van der Waals surface area contributed by atoms with Crippen LogP contribution in [-0.4, -0.2) is 43.5 Å². The van der Waals surface area contributed by atoms with Crippen molar-refractivity contribution < 1.29 is 9.53 Å². The van der Waals surface area contributed by atoms with Gasteiger partial charge in [-0.05, 0) is 56.3 Å². The summed E-state index contributed by atoms with van der Waals surface area (Å²) in [5, 5.41) is 0. The van der Waals surface area contributed by atoms with Gasteiger partial charge in [0.05, 0.1) is 13.2 Å². The van der Waals surface area contributed by atoms with E-state index in [9.17, 15) is 4.79 Å². The molecule has 0 saturated heterocycles. The molecule has 1 amide bonds. The largest absolute Gasteiger partial charge is 0.497 e. The van der Waals surface area contributed by atoms with Gasteiger partial charge in [-0.1, -0.05) is 36.4 Å². The van der Waals surface area contributed by atoms with Crippen molar-refractivity contribution in [2.24, 2.45) is 0 Å². The van der Waals surface area contributed by atoms with E-state index in [0.717, 1.165) is 24.3 Å². The van der Waals surface area contributed by atoms with Gasteiger partial charge in [0.2, 0.25) is 5.91 Å². The number of amides is 1. The first-order chi connectivity index (χ1) is 12.0. The maximum atomic E-state index is 13.4. The second-order valence-corrected chi connectivity index (χ2v) is 6.80. The number of hydrogen-bond donors (Lipinski definition) is 0. The van der Waals surface area contributed by atoms with E-state index in [1.807, 2.05) is 60.3 Å². The molecule has 1 aliphatic rings. The van der Waals surface area contributed by atoms with E-state index >= 15 is 0 Å². The molecule has 0 bridgehead atoms. The van der Waals surface area contributed by atoms with Crippen LogP contribution in [0.3, 0.4) is 0 Å². The van der Waals surface area contributed by atoms with Crippen LogP contribution in [0.25, 0.3) is 0 Å². The van der Waals surface area contributed by atoms with Crippen LogP contribution in [-0.2, 0) is 11.2 Å². The van der Waals surface area contributed by atoms with Crippen LogP contribution in [0.1, 0.15) is 35.7 Å². The lowest BCUT2D eigenvalue weighted by atomic mass is 9.92. The highest BCUT2D eigenvalue weighted by atomic mass is 16.5. The predicted molar refractivity (Wildman–Crippen MR) is 99.7 cm³/mol. The number of fused-ring (bicyclic) bond motifs is 1. The van der Waals surface area contributed by atoms with Crippen molar-refractivity contribution in [3.63, 3.8) is 0 Å². The van der Waals surface area contributed by atoms with Crippen LogP contribution >= 0.6 is 0 Å². The topological polar surface area (TPSA) is 32.8 Å². The second-order valence-electron chi connectivity index (χ2n) is 6.80. The summed E-state index contributed by atoms with van der Waals surface area (Å²) in [5.41, 5.74) is 3.52. The Balaban J connectivity index is 1.91. The molecule has 3 rings (SSSR count). The molecule has 0 aromatic heterocycles. The molecule has 4 heteroatoms. The van der Waals surface area contributed by atoms with E-state index in [1.165, 1.54) is 11.1 Å². The molecule has 2 atom stereocenters. The van der Waals surface area contributed by atoms with E-state index in [-0.39, 0.29) is 18.0 Å². The molecule has 1 heterocycles. The average molecular weight is 338 g/mol. The number of methoxy groups -OCH3 is 1. The maximum absolute atomic E-state index is 13.4. The summed E-state index contributed by atoms with van der Waals surface area (Å²) in [5.74, 6) is 0.990. The van der Waals surface area contributed by atoms with Crippen molar-refractivity contribution >= 4 is 5.91 Å². The Hall–Kier alpha value is -2.33. The van der Waals surface area contributed by atoms with Crippen LogP contribution in [0, 0.1) is 0 Å². The number of rotatable bonds is 4. The summed E-state index contributed by atoms with van der Waals surface area (Å²) in [4.78, 5) is 17.4. The number of nitrogens with zero attached hydrogens (tertiary/aromatic N) is 2. The van der Waals surface area contributed by atoms with Crippen molar-refractivity contribution in [3.8, 4) is 5.75 Å². The van der Waals surface area contributed by atoms with Gasteiger partial charge in [0, 0.05) is 6.54 Å². The molecule has 1 aliphatic heterocycles. The number of carbonyl (C=O) groups excluding carboxylic acids is 1. The van der Waals surface area contributed by atoms with Gasteiger partial charge in [-0.3, -0.25) is 9.69 Å². The van der Waals surface area contributed by atoms with Gasteiger partial charge < -0.3 is 9.64 Å². The molecule has 132 valence electrons. The number of benzene rings is 2. The highest BCUT2D eigenvalue weighted by Gasteiger charge is 2.33. The van der Waals surface area contributed by atoms with Crippen LogP contribution in [0.5, 0.6) is 5.75 Å². The Bertz CT molecular complexity index is 743. The SMILES string of the molecule is COc1ccc2c(c1)C(C)N(C(=O)C(c1ccccc1)N(C)C)CC2. The Morgan fingerprint density at radius 2 is 1.92 bits per heavy atom. The van der Waals surface area contributed by atoms with E-state index in [1.54, 1.807) is 7.11 Å². The quantitative estimate of drug-likeness (QED) is 0.856. The zero-order chi connectivity index (χ0) is 18.0. The van der Waals surface area contributed by atoms with Gasteiger partial charge in [0.25, 0.3) is 0 Å². The average Bonchev–Trinajstić information content (AvgIpc) is 2.62. The van der Waals surface area contributed by atoms with E-state index < -0.39 is 0 Å². The minimum absolute atomic E-state index is 0.0394. The molecule has 2 aromatic carbocycles. The summed E-state index contributed by atoms with van der Waals surface area (Å²) >= 11 is 0. The molecular formula is C21H26N2O2. The molecule has 0 N–H and O–H groups in total. The van der Waals surface area contributed by atoms with Gasteiger partial charge in [-0.2, -0.15) is 0 Å². The highest BCUT2D eigenvalue weighted by Crippen LogP contribution is 2.34. The Labute approximate surface area is 150 Å². The molecule has 0 fully saturated rings. The van der Waals surface area contributed by atoms with E-state index in [4.69, 9.17) is 4.74 Å². The van der Waals surface area contributed by atoms with Crippen LogP contribution in [0.15, 0.2) is 48.5 Å². The van der Waals surface area contributed by atoms with Gasteiger partial charge in [0.15, 0.2) is 0 Å². The number of carbonyl (C=O) groups is 1. The third-order valence-electron chi connectivity index (χ3n) is 5.04. The van der Waals surface area contributed by atoms with Crippen molar-refractivity contribution in [1.82, 2.24) is 9.80 Å². The van der Waals surface area contributed by atoms with Crippen molar-refractivity contribution in [2.45, 2.75) is 25.4 Å². The first kappa shape index (κ1) is 17.5. The molecule has 0 saturated carbocycles. The van der Waals surface area contributed by atoms with Crippen molar-refractivity contribution in [3.05, 3.63) is 65.2 Å². The fraction of sp³-hybridized carbons (Fsp3) is 0.381. The van der Waals surface area contributed by atoms with Crippen LogP contribution in [0.2, 0.25) is 0 Å². The summed E-state index contributed by atoms with van der Waals surface area (Å²) < 4.78 is 5.37. The minimum Gasteiger partial charge on any atom is -0.497 e. The maximum Gasteiger partial charge on any atom is 0.245 e. The molecule has 0 spiro atoms. The Morgan fingerprint density at radius 3 is 2.56 bits per heavy atom. The van der Waals surface area contributed by atoms with Gasteiger partial charge >= 0.3 is 0 Å². The zero-order valence-electron chi connectivity index (χ0n) is 15.4. The fourth-order valence-electron chi connectivity index (χ4n) is 3.67. The lowest BCUT2D eigenvalue weighted by Gasteiger charge is -2.39. The van der Waals surface area contributed by atoms with Gasteiger partial charge in [-0.25, -0.2) is 0 Å². The molecular weight excluding hydrogens is 312 g/mol. The smallest absolute Gasteiger partial charge is 0.245 e. The fourth-order valence-corrected chi connectivity index (χ4v) is 3.67. The monoisotopic (exact) mass is 338 g/mol. The summed E-state index contributed by atoms with van der Waals surface area (Å²) in [6, 6.07) is 15.9. The number of hydrogen-bond acceptors (Lipinski definition) is 3. The molecule has 0 aliphatic carbocycles.